The Labute approximate surface area is 91.7 Å². The number of halogens is 1. The van der Waals surface area contributed by atoms with E-state index in [4.69, 9.17) is 5.73 Å². The van der Waals surface area contributed by atoms with Gasteiger partial charge in [-0.05, 0) is 19.1 Å². The van der Waals surface area contributed by atoms with Gasteiger partial charge in [-0.2, -0.15) is 0 Å². The molecule has 2 unspecified atom stereocenters. The summed E-state index contributed by atoms with van der Waals surface area (Å²) in [7, 11) is 0. The molecule has 88 valence electrons. The molecule has 0 saturated heterocycles. The van der Waals surface area contributed by atoms with Gasteiger partial charge in [0.05, 0.1) is 12.5 Å². The third-order valence-electron chi connectivity index (χ3n) is 2.07. The second kappa shape index (κ2) is 5.00. The molecule has 1 amide bonds. The molecule has 0 radical (unpaired) electrons. The molecule has 16 heavy (non-hydrogen) atoms. The topological polar surface area (TPSA) is 96.4 Å². The van der Waals surface area contributed by atoms with E-state index in [1.807, 2.05) is 0 Å². The lowest BCUT2D eigenvalue weighted by Gasteiger charge is -2.16. The molecule has 4 N–H and O–H groups in total. The summed E-state index contributed by atoms with van der Waals surface area (Å²) in [6, 6.07) is 2.57. The monoisotopic (exact) mass is 228 g/mol. The van der Waals surface area contributed by atoms with Crippen molar-refractivity contribution in [3.8, 4) is 0 Å². The molecule has 6 heteroatoms. The number of aromatic nitrogens is 1. The van der Waals surface area contributed by atoms with Crippen LogP contribution < -0.4 is 5.73 Å². The number of primary amides is 1. The van der Waals surface area contributed by atoms with Crippen molar-refractivity contribution in [3.63, 3.8) is 0 Å². The first-order valence-electron chi connectivity index (χ1n) is 4.69. The van der Waals surface area contributed by atoms with E-state index in [0.717, 1.165) is 6.07 Å². The van der Waals surface area contributed by atoms with E-state index in [0.29, 0.717) is 5.69 Å². The van der Waals surface area contributed by atoms with Gasteiger partial charge in [0.25, 0.3) is 0 Å². The van der Waals surface area contributed by atoms with Crippen LogP contribution in [0.3, 0.4) is 0 Å². The molecule has 5 nitrogen and oxygen atoms in total. The Morgan fingerprint density at radius 2 is 2.19 bits per heavy atom. The Kier molecular flexibility index (Phi) is 3.92. The average Bonchev–Trinajstić information content (AvgIpc) is 2.19. The third-order valence-corrected chi connectivity index (χ3v) is 2.07. The zero-order valence-corrected chi connectivity index (χ0v) is 8.72. The fourth-order valence-electron chi connectivity index (χ4n) is 1.27. The maximum atomic E-state index is 13.3. The van der Waals surface area contributed by atoms with E-state index in [9.17, 15) is 19.4 Å². The molecule has 1 rings (SSSR count). The van der Waals surface area contributed by atoms with E-state index in [2.05, 4.69) is 4.98 Å². The Hall–Kier alpha value is -1.53. The molecule has 0 aliphatic heterocycles. The summed E-state index contributed by atoms with van der Waals surface area (Å²) in [5.41, 5.74) is 5.07. The van der Waals surface area contributed by atoms with Crippen LogP contribution in [0.2, 0.25) is 0 Å². The summed E-state index contributed by atoms with van der Waals surface area (Å²) in [5, 5.41) is 19.0. The number of nitrogens with zero attached hydrogens (tertiary/aromatic N) is 1. The van der Waals surface area contributed by atoms with Crippen LogP contribution in [0.5, 0.6) is 0 Å². The van der Waals surface area contributed by atoms with Crippen molar-refractivity contribution in [2.45, 2.75) is 25.6 Å². The van der Waals surface area contributed by atoms with Crippen molar-refractivity contribution < 1.29 is 19.4 Å². The van der Waals surface area contributed by atoms with Crippen LogP contribution in [0.15, 0.2) is 12.1 Å². The summed E-state index contributed by atoms with van der Waals surface area (Å²) in [4.78, 5) is 14.3. The van der Waals surface area contributed by atoms with Gasteiger partial charge in [-0.3, -0.25) is 9.78 Å². The summed E-state index contributed by atoms with van der Waals surface area (Å²) in [5.74, 6) is -1.51. The van der Waals surface area contributed by atoms with E-state index in [1.54, 1.807) is 6.92 Å². The van der Waals surface area contributed by atoms with Gasteiger partial charge < -0.3 is 15.9 Å². The highest BCUT2D eigenvalue weighted by Gasteiger charge is 2.24. The van der Waals surface area contributed by atoms with Crippen LogP contribution in [0.4, 0.5) is 4.39 Å². The maximum Gasteiger partial charge on any atom is 0.220 e. The van der Waals surface area contributed by atoms with Crippen molar-refractivity contribution in [3.05, 3.63) is 29.3 Å². The second-order valence-electron chi connectivity index (χ2n) is 3.50. The molecule has 0 saturated carbocycles. The minimum absolute atomic E-state index is 0.284. The van der Waals surface area contributed by atoms with Gasteiger partial charge >= 0.3 is 0 Å². The number of pyridine rings is 1. The molecule has 1 aromatic heterocycles. The van der Waals surface area contributed by atoms with Gasteiger partial charge in [0.15, 0.2) is 0 Å². The predicted molar refractivity (Wildman–Crippen MR) is 53.7 cm³/mol. The van der Waals surface area contributed by atoms with Gasteiger partial charge in [0.1, 0.15) is 17.6 Å². The minimum Gasteiger partial charge on any atom is -0.389 e. The highest BCUT2D eigenvalue weighted by atomic mass is 19.1. The van der Waals surface area contributed by atoms with Crippen molar-refractivity contribution >= 4 is 5.91 Å². The van der Waals surface area contributed by atoms with Gasteiger partial charge in [-0.1, -0.05) is 0 Å². The standard InChI is InChI=1S/C10H13FN2O3/c1-5-2-3-6(11)9(13-5)10(16)7(14)4-8(12)15/h2-3,7,10,14,16H,4H2,1H3,(H2,12,15). The number of nitrogens with two attached hydrogens (primary N) is 1. The molecule has 2 atom stereocenters. The summed E-state index contributed by atoms with van der Waals surface area (Å²) in [6.45, 7) is 1.62. The molecule has 1 aromatic rings. The molecule has 0 bridgehead atoms. The van der Waals surface area contributed by atoms with Crippen molar-refractivity contribution in [1.29, 1.82) is 0 Å². The fraction of sp³-hybridized carbons (Fsp3) is 0.400. The third kappa shape index (κ3) is 2.98. The first kappa shape index (κ1) is 12.5. The molecule has 1 heterocycles. The number of aryl methyl sites for hydroxylation is 1. The maximum absolute atomic E-state index is 13.3. The number of amides is 1. The number of hydrogen-bond acceptors (Lipinski definition) is 4. The van der Waals surface area contributed by atoms with E-state index < -0.39 is 30.4 Å². The Morgan fingerprint density at radius 3 is 2.75 bits per heavy atom. The van der Waals surface area contributed by atoms with Crippen LogP contribution in [0.1, 0.15) is 23.9 Å². The average molecular weight is 228 g/mol. The highest BCUT2D eigenvalue weighted by molar-refractivity contribution is 5.74. The number of aliphatic hydroxyl groups is 2. The van der Waals surface area contributed by atoms with Crippen molar-refractivity contribution in [1.82, 2.24) is 4.98 Å². The number of aliphatic hydroxyl groups excluding tert-OH is 2. The number of rotatable bonds is 4. The number of carbonyl (C=O) groups excluding carboxylic acids is 1. The fourth-order valence-corrected chi connectivity index (χ4v) is 1.27. The lowest BCUT2D eigenvalue weighted by molar-refractivity contribution is -0.121. The van der Waals surface area contributed by atoms with Gasteiger partial charge in [0, 0.05) is 5.69 Å². The first-order valence-corrected chi connectivity index (χ1v) is 4.69. The van der Waals surface area contributed by atoms with E-state index in [-0.39, 0.29) is 5.69 Å². The summed E-state index contributed by atoms with van der Waals surface area (Å²) in [6.07, 6.45) is -3.47. The number of carbonyl (C=O) groups is 1. The summed E-state index contributed by atoms with van der Waals surface area (Å²) < 4.78 is 13.3. The Morgan fingerprint density at radius 1 is 1.56 bits per heavy atom. The zero-order valence-electron chi connectivity index (χ0n) is 8.72. The zero-order chi connectivity index (χ0) is 12.3. The molecule has 0 aromatic carbocycles. The Balaban J connectivity index is 2.90. The Bertz CT molecular complexity index is 398. The molecule has 0 aliphatic rings. The highest BCUT2D eigenvalue weighted by Crippen LogP contribution is 2.20. The predicted octanol–water partition coefficient (Wildman–Crippen LogP) is -0.201. The first-order chi connectivity index (χ1) is 7.41. The molecule has 0 fully saturated rings. The van der Waals surface area contributed by atoms with E-state index >= 15 is 0 Å². The van der Waals surface area contributed by atoms with Gasteiger partial charge in [-0.25, -0.2) is 4.39 Å². The molecular weight excluding hydrogens is 215 g/mol. The van der Waals surface area contributed by atoms with Crippen LogP contribution in [0, 0.1) is 12.7 Å². The van der Waals surface area contributed by atoms with Gasteiger partial charge in [0.2, 0.25) is 5.91 Å². The van der Waals surface area contributed by atoms with Crippen LogP contribution in [-0.4, -0.2) is 27.2 Å². The van der Waals surface area contributed by atoms with Crippen LogP contribution >= 0.6 is 0 Å². The van der Waals surface area contributed by atoms with Gasteiger partial charge in [-0.15, -0.1) is 0 Å². The SMILES string of the molecule is Cc1ccc(F)c(C(O)C(O)CC(N)=O)n1. The second-order valence-corrected chi connectivity index (χ2v) is 3.50. The quantitative estimate of drug-likeness (QED) is 0.664. The molecule has 0 spiro atoms. The smallest absolute Gasteiger partial charge is 0.220 e. The lowest BCUT2D eigenvalue weighted by Crippen LogP contribution is -2.27. The van der Waals surface area contributed by atoms with Crippen molar-refractivity contribution in [2.24, 2.45) is 5.73 Å². The minimum atomic E-state index is -1.56. The summed E-state index contributed by atoms with van der Waals surface area (Å²) >= 11 is 0. The molecular formula is C10H13FN2O3. The van der Waals surface area contributed by atoms with Crippen LogP contribution in [-0.2, 0) is 4.79 Å². The molecule has 0 aliphatic carbocycles. The van der Waals surface area contributed by atoms with Crippen molar-refractivity contribution in [2.75, 3.05) is 0 Å². The van der Waals surface area contributed by atoms with E-state index in [1.165, 1.54) is 6.07 Å². The number of hydrogen-bond donors (Lipinski definition) is 3. The largest absolute Gasteiger partial charge is 0.389 e. The lowest BCUT2D eigenvalue weighted by atomic mass is 10.1. The normalized spacial score (nSPS) is 14.5. The van der Waals surface area contributed by atoms with Crippen LogP contribution in [0.25, 0.3) is 0 Å².